The lowest BCUT2D eigenvalue weighted by Crippen LogP contribution is -2.15. The molecule has 2 heterocycles. The fourth-order valence-corrected chi connectivity index (χ4v) is 3.39. The highest BCUT2D eigenvalue weighted by molar-refractivity contribution is 7.12. The molecule has 0 spiro atoms. The Balaban J connectivity index is 1.90. The van der Waals surface area contributed by atoms with Crippen molar-refractivity contribution < 1.29 is 5.11 Å². The van der Waals surface area contributed by atoms with Crippen molar-refractivity contribution in [3.63, 3.8) is 0 Å². The van der Waals surface area contributed by atoms with Gasteiger partial charge >= 0.3 is 0 Å². The van der Waals surface area contributed by atoms with Crippen LogP contribution in [0.4, 0.5) is 0 Å². The van der Waals surface area contributed by atoms with Gasteiger partial charge in [-0.25, -0.2) is 0 Å². The SMILES string of the molecule is CN(Cc1cccs1)Cc1ccc(C#CCO)s1. The Morgan fingerprint density at radius 3 is 2.78 bits per heavy atom. The lowest BCUT2D eigenvalue weighted by atomic mass is 10.4. The summed E-state index contributed by atoms with van der Waals surface area (Å²) in [5.74, 6) is 5.61. The maximum absolute atomic E-state index is 8.65. The van der Waals surface area contributed by atoms with Crippen LogP contribution in [0.25, 0.3) is 0 Å². The topological polar surface area (TPSA) is 23.5 Å². The van der Waals surface area contributed by atoms with Crippen LogP contribution >= 0.6 is 22.7 Å². The highest BCUT2D eigenvalue weighted by atomic mass is 32.1. The Labute approximate surface area is 116 Å². The third kappa shape index (κ3) is 3.97. The van der Waals surface area contributed by atoms with Crippen molar-refractivity contribution in [3.05, 3.63) is 44.3 Å². The molecular formula is C14H15NOS2. The number of aliphatic hydroxyl groups excluding tert-OH is 1. The van der Waals surface area contributed by atoms with E-state index in [9.17, 15) is 0 Å². The zero-order valence-corrected chi connectivity index (χ0v) is 11.9. The van der Waals surface area contributed by atoms with Crippen molar-refractivity contribution >= 4 is 22.7 Å². The first kappa shape index (κ1) is 13.3. The summed E-state index contributed by atoms with van der Waals surface area (Å²) < 4.78 is 0. The van der Waals surface area contributed by atoms with Crippen molar-refractivity contribution in [2.45, 2.75) is 13.1 Å². The number of aliphatic hydroxyl groups is 1. The number of hydrogen-bond acceptors (Lipinski definition) is 4. The van der Waals surface area contributed by atoms with E-state index in [4.69, 9.17) is 5.11 Å². The van der Waals surface area contributed by atoms with Gasteiger partial charge in [0.25, 0.3) is 0 Å². The minimum atomic E-state index is -0.0779. The number of hydrogen-bond donors (Lipinski definition) is 1. The summed E-state index contributed by atoms with van der Waals surface area (Å²) >= 11 is 3.48. The molecule has 0 amide bonds. The molecule has 2 aromatic rings. The van der Waals surface area contributed by atoms with Crippen molar-refractivity contribution in [1.29, 1.82) is 0 Å². The van der Waals surface area contributed by atoms with Crippen LogP contribution in [0.3, 0.4) is 0 Å². The van der Waals surface area contributed by atoms with E-state index in [0.29, 0.717) is 0 Å². The Morgan fingerprint density at radius 1 is 1.22 bits per heavy atom. The van der Waals surface area contributed by atoms with E-state index in [1.54, 1.807) is 22.7 Å². The van der Waals surface area contributed by atoms with Crippen molar-refractivity contribution in [3.8, 4) is 11.8 Å². The minimum Gasteiger partial charge on any atom is -0.384 e. The molecule has 0 aliphatic heterocycles. The maximum atomic E-state index is 8.65. The first-order chi connectivity index (χ1) is 8.78. The molecule has 0 radical (unpaired) electrons. The summed E-state index contributed by atoms with van der Waals surface area (Å²) in [6.45, 7) is 1.84. The highest BCUT2D eigenvalue weighted by Crippen LogP contribution is 2.18. The molecule has 0 fully saturated rings. The summed E-state index contributed by atoms with van der Waals surface area (Å²) in [4.78, 5) is 6.00. The maximum Gasteiger partial charge on any atom is 0.104 e. The number of rotatable bonds is 4. The van der Waals surface area contributed by atoms with Crippen molar-refractivity contribution in [2.24, 2.45) is 0 Å². The zero-order chi connectivity index (χ0) is 12.8. The predicted octanol–water partition coefficient (Wildman–Crippen LogP) is 2.79. The summed E-state index contributed by atoms with van der Waals surface area (Å²) in [6, 6.07) is 8.37. The second kappa shape index (κ2) is 6.72. The van der Waals surface area contributed by atoms with Gasteiger partial charge in [0.1, 0.15) is 6.61 Å². The fraction of sp³-hybridized carbons (Fsp3) is 0.286. The van der Waals surface area contributed by atoms with Gasteiger partial charge in [0.05, 0.1) is 4.88 Å². The molecule has 0 saturated carbocycles. The molecule has 2 rings (SSSR count). The molecule has 0 unspecified atom stereocenters. The Bertz CT molecular complexity index is 534. The number of nitrogens with zero attached hydrogens (tertiary/aromatic N) is 1. The summed E-state index contributed by atoms with van der Waals surface area (Å²) in [5, 5.41) is 10.8. The van der Waals surface area contributed by atoms with Crippen LogP contribution in [0.15, 0.2) is 29.6 Å². The average molecular weight is 277 g/mol. The van der Waals surface area contributed by atoms with Gasteiger partial charge in [-0.1, -0.05) is 17.9 Å². The molecule has 0 aliphatic rings. The van der Waals surface area contributed by atoms with E-state index < -0.39 is 0 Å². The van der Waals surface area contributed by atoms with Gasteiger partial charge in [0.2, 0.25) is 0 Å². The largest absolute Gasteiger partial charge is 0.384 e. The van der Waals surface area contributed by atoms with Gasteiger partial charge < -0.3 is 5.11 Å². The second-order valence-corrected chi connectivity index (χ2v) is 6.18. The van der Waals surface area contributed by atoms with Crippen LogP contribution in [0.2, 0.25) is 0 Å². The van der Waals surface area contributed by atoms with E-state index in [1.807, 2.05) is 6.07 Å². The van der Waals surface area contributed by atoms with Crippen LogP contribution in [0.5, 0.6) is 0 Å². The molecule has 18 heavy (non-hydrogen) atoms. The predicted molar refractivity (Wildman–Crippen MR) is 77.8 cm³/mol. The van der Waals surface area contributed by atoms with Crippen LogP contribution in [-0.4, -0.2) is 23.7 Å². The first-order valence-electron chi connectivity index (χ1n) is 5.67. The Hall–Kier alpha value is -1.12. The molecule has 1 N–H and O–H groups in total. The van der Waals surface area contributed by atoms with Gasteiger partial charge in [0.15, 0.2) is 0 Å². The average Bonchev–Trinajstić information content (AvgIpc) is 2.98. The zero-order valence-electron chi connectivity index (χ0n) is 10.2. The minimum absolute atomic E-state index is 0.0779. The van der Waals surface area contributed by atoms with Crippen molar-refractivity contribution in [2.75, 3.05) is 13.7 Å². The molecule has 0 aromatic carbocycles. The van der Waals surface area contributed by atoms with Gasteiger partial charge in [-0.3, -0.25) is 4.90 Å². The van der Waals surface area contributed by atoms with Crippen LogP contribution in [0.1, 0.15) is 14.6 Å². The van der Waals surface area contributed by atoms with Gasteiger partial charge in [-0.05, 0) is 30.6 Å². The summed E-state index contributed by atoms with van der Waals surface area (Å²) in [7, 11) is 2.12. The molecule has 0 aliphatic carbocycles. The molecule has 2 aromatic heterocycles. The van der Waals surface area contributed by atoms with E-state index in [1.165, 1.54) is 9.75 Å². The first-order valence-corrected chi connectivity index (χ1v) is 7.37. The van der Waals surface area contributed by atoms with E-state index >= 15 is 0 Å². The van der Waals surface area contributed by atoms with Crippen LogP contribution < -0.4 is 0 Å². The third-order valence-corrected chi connectivity index (χ3v) is 4.23. The fourth-order valence-electron chi connectivity index (χ4n) is 1.65. The van der Waals surface area contributed by atoms with E-state index in [2.05, 4.69) is 47.4 Å². The molecule has 4 heteroatoms. The monoisotopic (exact) mass is 277 g/mol. The Kier molecular flexibility index (Phi) is 4.97. The summed E-state index contributed by atoms with van der Waals surface area (Å²) in [5.41, 5.74) is 0. The summed E-state index contributed by atoms with van der Waals surface area (Å²) in [6.07, 6.45) is 0. The van der Waals surface area contributed by atoms with Crippen LogP contribution in [0, 0.1) is 11.8 Å². The lowest BCUT2D eigenvalue weighted by Gasteiger charge is -2.13. The molecular weight excluding hydrogens is 262 g/mol. The second-order valence-electron chi connectivity index (χ2n) is 3.98. The molecule has 0 saturated heterocycles. The molecule has 0 bridgehead atoms. The van der Waals surface area contributed by atoms with E-state index in [0.717, 1.165) is 18.0 Å². The smallest absolute Gasteiger partial charge is 0.104 e. The molecule has 2 nitrogen and oxygen atoms in total. The lowest BCUT2D eigenvalue weighted by molar-refractivity contribution is 0.325. The van der Waals surface area contributed by atoms with Gasteiger partial charge in [-0.15, -0.1) is 22.7 Å². The normalized spacial score (nSPS) is 10.4. The van der Waals surface area contributed by atoms with E-state index in [-0.39, 0.29) is 6.61 Å². The highest BCUT2D eigenvalue weighted by Gasteiger charge is 2.04. The third-order valence-electron chi connectivity index (χ3n) is 2.38. The number of thiophene rings is 2. The molecule has 0 atom stereocenters. The van der Waals surface area contributed by atoms with Crippen LogP contribution in [-0.2, 0) is 13.1 Å². The molecule has 94 valence electrons. The Morgan fingerprint density at radius 2 is 2.06 bits per heavy atom. The van der Waals surface area contributed by atoms with Crippen molar-refractivity contribution in [1.82, 2.24) is 4.90 Å². The van der Waals surface area contributed by atoms with Gasteiger partial charge in [-0.2, -0.15) is 0 Å². The standard InChI is InChI=1S/C14H15NOS2/c1-15(10-13-5-3-9-17-13)11-14-7-6-12(18-14)4-2-8-16/h3,5-7,9,16H,8,10-11H2,1H3. The van der Waals surface area contributed by atoms with Gasteiger partial charge in [0, 0.05) is 22.8 Å². The quantitative estimate of drug-likeness (QED) is 0.869.